The van der Waals surface area contributed by atoms with Crippen molar-refractivity contribution >= 4 is 38.6 Å². The van der Waals surface area contributed by atoms with E-state index in [2.05, 4.69) is 20.0 Å². The molecule has 7 nitrogen and oxygen atoms in total. The molecule has 0 radical (unpaired) electrons. The van der Waals surface area contributed by atoms with E-state index in [4.69, 9.17) is 11.6 Å². The molecule has 0 aliphatic heterocycles. The Morgan fingerprint density at radius 2 is 2.00 bits per heavy atom. The monoisotopic (exact) mass is 378 g/mol. The standard InChI is InChI=1S/C16H15ClN4O3S/c1-18-25(23,24)10-6-7-12(17)11(8-10)16(22)19-9-15-20-13-4-2-3-5-14(13)21-15/h2-8,18H,9H2,1H3,(H,19,22)(H,20,21). The van der Waals surface area contributed by atoms with Crippen molar-refractivity contribution in [1.82, 2.24) is 20.0 Å². The van der Waals surface area contributed by atoms with Gasteiger partial charge < -0.3 is 10.3 Å². The number of rotatable bonds is 5. The van der Waals surface area contributed by atoms with Crippen LogP contribution in [-0.2, 0) is 16.6 Å². The van der Waals surface area contributed by atoms with Gasteiger partial charge in [-0.2, -0.15) is 0 Å². The molecule has 2 aromatic carbocycles. The summed E-state index contributed by atoms with van der Waals surface area (Å²) >= 11 is 6.03. The second-order valence-corrected chi connectivity index (χ2v) is 7.53. The van der Waals surface area contributed by atoms with Gasteiger partial charge >= 0.3 is 0 Å². The lowest BCUT2D eigenvalue weighted by atomic mass is 10.2. The maximum absolute atomic E-state index is 12.4. The van der Waals surface area contributed by atoms with Crippen molar-refractivity contribution in [1.29, 1.82) is 0 Å². The van der Waals surface area contributed by atoms with Crippen molar-refractivity contribution in [3.63, 3.8) is 0 Å². The van der Waals surface area contributed by atoms with Gasteiger partial charge in [0.05, 0.1) is 33.1 Å². The van der Waals surface area contributed by atoms with Gasteiger partial charge in [-0.1, -0.05) is 23.7 Å². The maximum atomic E-state index is 12.4. The molecule has 3 N–H and O–H groups in total. The third-order valence-electron chi connectivity index (χ3n) is 3.62. The van der Waals surface area contributed by atoms with Gasteiger partial charge in [-0.15, -0.1) is 0 Å². The highest BCUT2D eigenvalue weighted by Gasteiger charge is 2.17. The predicted molar refractivity (Wildman–Crippen MR) is 95.0 cm³/mol. The molecular formula is C16H15ClN4O3S. The van der Waals surface area contributed by atoms with Gasteiger partial charge in [0.1, 0.15) is 5.82 Å². The van der Waals surface area contributed by atoms with Gasteiger partial charge in [-0.25, -0.2) is 18.1 Å². The number of hydrogen-bond donors (Lipinski definition) is 3. The number of halogens is 1. The summed E-state index contributed by atoms with van der Waals surface area (Å²) in [5, 5.41) is 2.85. The number of nitrogens with zero attached hydrogens (tertiary/aromatic N) is 1. The van der Waals surface area contributed by atoms with Gasteiger partial charge in [0, 0.05) is 0 Å². The molecule has 0 atom stereocenters. The van der Waals surface area contributed by atoms with Crippen molar-refractivity contribution < 1.29 is 13.2 Å². The second kappa shape index (κ2) is 6.83. The lowest BCUT2D eigenvalue weighted by Gasteiger charge is -2.08. The van der Waals surface area contributed by atoms with E-state index in [1.807, 2.05) is 24.3 Å². The molecule has 0 unspecified atom stereocenters. The Kier molecular flexibility index (Phi) is 4.76. The Balaban J connectivity index is 1.80. The number of nitrogens with one attached hydrogen (secondary N) is 3. The molecule has 3 aromatic rings. The highest BCUT2D eigenvalue weighted by molar-refractivity contribution is 7.89. The first kappa shape index (κ1) is 17.4. The molecule has 0 spiro atoms. The largest absolute Gasteiger partial charge is 0.345 e. The molecule has 1 aromatic heterocycles. The maximum Gasteiger partial charge on any atom is 0.253 e. The van der Waals surface area contributed by atoms with Gasteiger partial charge in [-0.3, -0.25) is 4.79 Å². The number of hydrogen-bond acceptors (Lipinski definition) is 4. The summed E-state index contributed by atoms with van der Waals surface area (Å²) in [7, 11) is -2.37. The fourth-order valence-corrected chi connectivity index (χ4v) is 3.27. The Hall–Kier alpha value is -2.42. The molecular weight excluding hydrogens is 364 g/mol. The average molecular weight is 379 g/mol. The minimum absolute atomic E-state index is 0.0340. The van der Waals surface area contributed by atoms with Crippen molar-refractivity contribution in [2.45, 2.75) is 11.4 Å². The van der Waals surface area contributed by atoms with E-state index >= 15 is 0 Å². The molecule has 0 aliphatic carbocycles. The number of H-pyrrole nitrogens is 1. The van der Waals surface area contributed by atoms with E-state index in [1.165, 1.54) is 25.2 Å². The molecule has 130 valence electrons. The number of benzene rings is 2. The minimum Gasteiger partial charge on any atom is -0.345 e. The molecule has 1 amide bonds. The molecule has 25 heavy (non-hydrogen) atoms. The van der Waals surface area contributed by atoms with E-state index in [-0.39, 0.29) is 22.0 Å². The Labute approximate surface area is 149 Å². The molecule has 0 aliphatic rings. The van der Waals surface area contributed by atoms with Crippen LogP contribution < -0.4 is 10.0 Å². The van der Waals surface area contributed by atoms with Crippen LogP contribution in [0.1, 0.15) is 16.2 Å². The van der Waals surface area contributed by atoms with E-state index in [0.717, 1.165) is 11.0 Å². The summed E-state index contributed by atoms with van der Waals surface area (Å²) in [6.07, 6.45) is 0. The van der Waals surface area contributed by atoms with Gasteiger partial charge in [0.25, 0.3) is 5.91 Å². The summed E-state index contributed by atoms with van der Waals surface area (Å²) < 4.78 is 25.9. The van der Waals surface area contributed by atoms with Crippen LogP contribution in [0.25, 0.3) is 11.0 Å². The zero-order valence-corrected chi connectivity index (χ0v) is 14.8. The summed E-state index contributed by atoms with van der Waals surface area (Å²) in [5.41, 5.74) is 1.74. The number of amides is 1. The van der Waals surface area contributed by atoms with Crippen LogP contribution in [0.5, 0.6) is 0 Å². The smallest absolute Gasteiger partial charge is 0.253 e. The lowest BCUT2D eigenvalue weighted by molar-refractivity contribution is 0.0950. The summed E-state index contributed by atoms with van der Waals surface area (Å²) in [5.74, 6) is 0.100. The highest BCUT2D eigenvalue weighted by Crippen LogP contribution is 2.20. The number of aromatic nitrogens is 2. The molecule has 0 bridgehead atoms. The number of aromatic amines is 1. The van der Waals surface area contributed by atoms with Crippen LogP contribution in [0, 0.1) is 0 Å². The first-order chi connectivity index (χ1) is 11.9. The first-order valence-corrected chi connectivity index (χ1v) is 9.22. The zero-order valence-electron chi connectivity index (χ0n) is 13.2. The van der Waals surface area contributed by atoms with Crippen molar-refractivity contribution in [3.05, 3.63) is 58.9 Å². The number of imidazole rings is 1. The quantitative estimate of drug-likeness (QED) is 0.632. The van der Waals surface area contributed by atoms with Crippen LogP contribution in [-0.4, -0.2) is 31.3 Å². The van der Waals surface area contributed by atoms with Crippen LogP contribution >= 0.6 is 11.6 Å². The topological polar surface area (TPSA) is 104 Å². The predicted octanol–water partition coefficient (Wildman–Crippen LogP) is 2.05. The first-order valence-electron chi connectivity index (χ1n) is 7.35. The molecule has 9 heteroatoms. The van der Waals surface area contributed by atoms with Crippen LogP contribution in [0.15, 0.2) is 47.4 Å². The zero-order chi connectivity index (χ0) is 18.0. The van der Waals surface area contributed by atoms with Crippen LogP contribution in [0.4, 0.5) is 0 Å². The molecule has 1 heterocycles. The number of fused-ring (bicyclic) bond motifs is 1. The van der Waals surface area contributed by atoms with E-state index in [1.54, 1.807) is 0 Å². The number of sulfonamides is 1. The Morgan fingerprint density at radius 1 is 1.24 bits per heavy atom. The van der Waals surface area contributed by atoms with E-state index in [0.29, 0.717) is 5.82 Å². The molecule has 0 fully saturated rings. The fraction of sp³-hybridized carbons (Fsp3) is 0.125. The number of carbonyl (C=O) groups is 1. The molecule has 0 saturated carbocycles. The Bertz CT molecular complexity index is 1010. The lowest BCUT2D eigenvalue weighted by Crippen LogP contribution is -2.25. The van der Waals surface area contributed by atoms with E-state index < -0.39 is 15.9 Å². The van der Waals surface area contributed by atoms with Gasteiger partial charge in [0.15, 0.2) is 0 Å². The average Bonchev–Trinajstić information content (AvgIpc) is 3.02. The van der Waals surface area contributed by atoms with Crippen molar-refractivity contribution in [2.75, 3.05) is 7.05 Å². The molecule has 3 rings (SSSR count). The van der Waals surface area contributed by atoms with Crippen LogP contribution in [0.3, 0.4) is 0 Å². The normalized spacial score (nSPS) is 11.6. The summed E-state index contributed by atoms with van der Waals surface area (Å²) in [6.45, 7) is 0.160. The number of para-hydroxylation sites is 2. The Morgan fingerprint density at radius 3 is 2.72 bits per heavy atom. The van der Waals surface area contributed by atoms with E-state index in [9.17, 15) is 13.2 Å². The third kappa shape index (κ3) is 3.65. The van der Waals surface area contributed by atoms with Gasteiger partial charge in [0.2, 0.25) is 10.0 Å². The summed E-state index contributed by atoms with van der Waals surface area (Å²) in [4.78, 5) is 19.8. The van der Waals surface area contributed by atoms with Crippen molar-refractivity contribution in [2.24, 2.45) is 0 Å². The van der Waals surface area contributed by atoms with Crippen LogP contribution in [0.2, 0.25) is 5.02 Å². The summed E-state index contributed by atoms with van der Waals surface area (Å²) in [6, 6.07) is 11.5. The SMILES string of the molecule is CNS(=O)(=O)c1ccc(Cl)c(C(=O)NCc2nc3ccccc3[nH]2)c1. The van der Waals surface area contributed by atoms with Gasteiger partial charge in [-0.05, 0) is 37.4 Å². The second-order valence-electron chi connectivity index (χ2n) is 5.23. The number of carbonyl (C=O) groups excluding carboxylic acids is 1. The van der Waals surface area contributed by atoms with Crippen molar-refractivity contribution in [3.8, 4) is 0 Å². The third-order valence-corrected chi connectivity index (χ3v) is 5.36. The highest BCUT2D eigenvalue weighted by atomic mass is 35.5. The molecule has 0 saturated heterocycles. The minimum atomic E-state index is -3.66. The fourth-order valence-electron chi connectivity index (χ4n) is 2.31.